The van der Waals surface area contributed by atoms with Crippen molar-refractivity contribution in [1.82, 2.24) is 10.3 Å². The average Bonchev–Trinajstić information content (AvgIpc) is 2.71. The lowest BCUT2D eigenvalue weighted by Crippen LogP contribution is -2.48. The molecule has 4 N–H and O–H groups in total. The van der Waals surface area contributed by atoms with Crippen LogP contribution in [-0.4, -0.2) is 23.0 Å². The van der Waals surface area contributed by atoms with Gasteiger partial charge in [0.1, 0.15) is 11.5 Å². The number of benzene rings is 1. The van der Waals surface area contributed by atoms with Gasteiger partial charge in [-0.05, 0) is 38.1 Å². The van der Waals surface area contributed by atoms with Gasteiger partial charge in [0.2, 0.25) is 0 Å². The summed E-state index contributed by atoms with van der Waals surface area (Å²) >= 11 is 0. The van der Waals surface area contributed by atoms with Crippen molar-refractivity contribution >= 4 is 16.8 Å². The van der Waals surface area contributed by atoms with Gasteiger partial charge in [-0.25, -0.2) is 4.39 Å². The zero-order valence-electron chi connectivity index (χ0n) is 10.4. The predicted molar refractivity (Wildman–Crippen MR) is 68.9 cm³/mol. The van der Waals surface area contributed by atoms with Crippen LogP contribution in [0.25, 0.3) is 10.9 Å². The minimum Gasteiger partial charge on any atom is -0.351 e. The zero-order chi connectivity index (χ0) is 13.3. The molecule has 0 aliphatic rings. The Kier molecular flexibility index (Phi) is 3.09. The number of H-pyrrole nitrogens is 1. The second-order valence-electron chi connectivity index (χ2n) is 4.96. The lowest BCUT2D eigenvalue weighted by atomic mass is 10.1. The summed E-state index contributed by atoms with van der Waals surface area (Å²) in [5, 5.41) is 3.48. The van der Waals surface area contributed by atoms with E-state index >= 15 is 0 Å². The van der Waals surface area contributed by atoms with E-state index in [0.717, 1.165) is 5.52 Å². The van der Waals surface area contributed by atoms with Crippen molar-refractivity contribution in [2.75, 3.05) is 6.54 Å². The smallest absolute Gasteiger partial charge is 0.268 e. The highest BCUT2D eigenvalue weighted by Crippen LogP contribution is 2.17. The maximum absolute atomic E-state index is 13.0. The predicted octanol–water partition coefficient (Wildman–Crippen LogP) is 1.77. The number of amides is 1. The van der Waals surface area contributed by atoms with Gasteiger partial charge in [-0.3, -0.25) is 4.79 Å². The number of halogens is 1. The number of carbonyl (C=O) groups excluding carboxylic acids is 1. The number of fused-ring (bicyclic) bond motifs is 1. The number of aromatic nitrogens is 1. The highest BCUT2D eigenvalue weighted by atomic mass is 19.1. The Morgan fingerprint density at radius 1 is 1.44 bits per heavy atom. The molecule has 4 nitrogen and oxygen atoms in total. The minimum absolute atomic E-state index is 0.248. The van der Waals surface area contributed by atoms with E-state index < -0.39 is 5.54 Å². The maximum atomic E-state index is 13.0. The summed E-state index contributed by atoms with van der Waals surface area (Å²) in [4.78, 5) is 14.9. The first-order valence-corrected chi connectivity index (χ1v) is 5.72. The number of carbonyl (C=O) groups is 1. The summed E-state index contributed by atoms with van der Waals surface area (Å²) < 4.78 is 13.0. The summed E-state index contributed by atoms with van der Waals surface area (Å²) in [5.41, 5.74) is 6.21. The van der Waals surface area contributed by atoms with E-state index in [-0.39, 0.29) is 11.7 Å². The van der Waals surface area contributed by atoms with Gasteiger partial charge in [0.25, 0.3) is 5.91 Å². The summed E-state index contributed by atoms with van der Waals surface area (Å²) in [5.74, 6) is -0.571. The van der Waals surface area contributed by atoms with E-state index in [2.05, 4.69) is 10.3 Å². The number of rotatable bonds is 3. The van der Waals surface area contributed by atoms with Crippen molar-refractivity contribution in [1.29, 1.82) is 0 Å². The van der Waals surface area contributed by atoms with Crippen LogP contribution in [0.3, 0.4) is 0 Å². The Morgan fingerprint density at radius 3 is 2.83 bits per heavy atom. The molecule has 5 heteroatoms. The fourth-order valence-corrected chi connectivity index (χ4v) is 1.65. The molecule has 2 aromatic rings. The molecule has 0 unspecified atom stereocenters. The number of aromatic amines is 1. The van der Waals surface area contributed by atoms with Crippen molar-refractivity contribution in [2.24, 2.45) is 5.73 Å². The van der Waals surface area contributed by atoms with E-state index in [9.17, 15) is 9.18 Å². The van der Waals surface area contributed by atoms with E-state index in [1.807, 2.05) is 13.8 Å². The molecule has 0 aliphatic carbocycles. The van der Waals surface area contributed by atoms with Gasteiger partial charge in [-0.1, -0.05) is 0 Å². The Hall–Kier alpha value is -1.88. The van der Waals surface area contributed by atoms with Gasteiger partial charge < -0.3 is 16.0 Å². The molecule has 0 fully saturated rings. The van der Waals surface area contributed by atoms with Crippen molar-refractivity contribution in [2.45, 2.75) is 19.4 Å². The van der Waals surface area contributed by atoms with Gasteiger partial charge >= 0.3 is 0 Å². The molecule has 1 amide bonds. The summed E-state index contributed by atoms with van der Waals surface area (Å²) in [7, 11) is 0. The fraction of sp³-hybridized carbons (Fsp3) is 0.308. The molecule has 18 heavy (non-hydrogen) atoms. The third-order valence-corrected chi connectivity index (χ3v) is 2.79. The van der Waals surface area contributed by atoms with Crippen molar-refractivity contribution in [3.8, 4) is 0 Å². The van der Waals surface area contributed by atoms with E-state index in [1.54, 1.807) is 12.1 Å². The second-order valence-corrected chi connectivity index (χ2v) is 4.96. The van der Waals surface area contributed by atoms with Gasteiger partial charge in [0.15, 0.2) is 0 Å². The zero-order valence-corrected chi connectivity index (χ0v) is 10.4. The highest BCUT2D eigenvalue weighted by molar-refractivity contribution is 5.98. The Morgan fingerprint density at radius 2 is 2.17 bits per heavy atom. The first-order chi connectivity index (χ1) is 8.41. The number of nitrogens with two attached hydrogens (primary N) is 1. The number of hydrogen-bond acceptors (Lipinski definition) is 2. The third-order valence-electron chi connectivity index (χ3n) is 2.79. The largest absolute Gasteiger partial charge is 0.351 e. The average molecular weight is 249 g/mol. The molecular weight excluding hydrogens is 233 g/mol. The number of nitrogens with one attached hydrogen (secondary N) is 2. The number of hydrogen-bond donors (Lipinski definition) is 3. The molecule has 0 saturated heterocycles. The van der Waals surface area contributed by atoms with Crippen LogP contribution in [0, 0.1) is 5.82 Å². The first-order valence-electron chi connectivity index (χ1n) is 5.72. The van der Waals surface area contributed by atoms with Crippen LogP contribution in [-0.2, 0) is 0 Å². The van der Waals surface area contributed by atoms with Crippen molar-refractivity contribution in [3.05, 3.63) is 35.8 Å². The lowest BCUT2D eigenvalue weighted by molar-refractivity contribution is 0.0911. The quantitative estimate of drug-likeness (QED) is 0.775. The van der Waals surface area contributed by atoms with Gasteiger partial charge in [-0.15, -0.1) is 0 Å². The Labute approximate surface area is 104 Å². The molecule has 0 saturated carbocycles. The maximum Gasteiger partial charge on any atom is 0.268 e. The molecule has 2 rings (SSSR count). The summed E-state index contributed by atoms with van der Waals surface area (Å²) in [6.07, 6.45) is 0. The second kappa shape index (κ2) is 4.42. The van der Waals surface area contributed by atoms with Gasteiger partial charge in [0.05, 0.1) is 0 Å². The van der Waals surface area contributed by atoms with E-state index in [0.29, 0.717) is 17.6 Å². The molecule has 0 bridgehead atoms. The van der Waals surface area contributed by atoms with Crippen LogP contribution >= 0.6 is 0 Å². The molecule has 0 atom stereocenters. The molecule has 0 aliphatic heterocycles. The molecule has 0 spiro atoms. The summed E-state index contributed by atoms with van der Waals surface area (Å²) in [6, 6.07) is 5.97. The fourth-order valence-electron chi connectivity index (χ4n) is 1.65. The van der Waals surface area contributed by atoms with Gasteiger partial charge in [-0.2, -0.15) is 0 Å². The molecule has 1 aromatic heterocycles. The topological polar surface area (TPSA) is 70.9 Å². The van der Waals surface area contributed by atoms with Crippen LogP contribution in [0.4, 0.5) is 4.39 Å². The van der Waals surface area contributed by atoms with E-state index in [4.69, 9.17) is 5.73 Å². The van der Waals surface area contributed by atoms with Crippen molar-refractivity contribution in [3.63, 3.8) is 0 Å². The van der Waals surface area contributed by atoms with Crippen LogP contribution in [0.1, 0.15) is 24.3 Å². The van der Waals surface area contributed by atoms with Crippen LogP contribution < -0.4 is 11.1 Å². The molecule has 1 aromatic carbocycles. The van der Waals surface area contributed by atoms with Crippen LogP contribution in [0.2, 0.25) is 0 Å². The van der Waals surface area contributed by atoms with Crippen LogP contribution in [0.5, 0.6) is 0 Å². The standard InChI is InChI=1S/C13H16FN3O/c1-13(2,7-15)17-12(18)11-6-8-5-9(14)3-4-10(8)16-11/h3-6,16H,7,15H2,1-2H3,(H,17,18). The monoisotopic (exact) mass is 249 g/mol. The molecular formula is C13H16FN3O. The molecule has 0 radical (unpaired) electrons. The minimum atomic E-state index is -0.473. The van der Waals surface area contributed by atoms with E-state index in [1.165, 1.54) is 12.1 Å². The third kappa shape index (κ3) is 2.51. The van der Waals surface area contributed by atoms with Gasteiger partial charge in [0, 0.05) is 23.0 Å². The Bertz CT molecular complexity index is 589. The Balaban J connectivity index is 2.28. The highest BCUT2D eigenvalue weighted by Gasteiger charge is 2.20. The van der Waals surface area contributed by atoms with Crippen molar-refractivity contribution < 1.29 is 9.18 Å². The summed E-state index contributed by atoms with van der Waals surface area (Å²) in [6.45, 7) is 4.02. The van der Waals surface area contributed by atoms with Crippen LogP contribution in [0.15, 0.2) is 24.3 Å². The lowest BCUT2D eigenvalue weighted by Gasteiger charge is -2.23. The molecule has 96 valence electrons. The normalized spacial score (nSPS) is 11.8. The molecule has 1 heterocycles. The first kappa shape index (κ1) is 12.6. The SMILES string of the molecule is CC(C)(CN)NC(=O)c1cc2cc(F)ccc2[nH]1.